The van der Waals surface area contributed by atoms with E-state index in [1.807, 2.05) is 30.3 Å². The van der Waals surface area contributed by atoms with Gasteiger partial charge in [0.25, 0.3) is 5.91 Å². The average Bonchev–Trinajstić information content (AvgIpc) is 2.84. The minimum Gasteiger partial charge on any atom is -0.484 e. The molecule has 0 bridgehead atoms. The largest absolute Gasteiger partial charge is 0.484 e. The van der Waals surface area contributed by atoms with Gasteiger partial charge in [-0.2, -0.15) is 0 Å². The van der Waals surface area contributed by atoms with Gasteiger partial charge in [-0.1, -0.05) is 30.3 Å². The van der Waals surface area contributed by atoms with Crippen LogP contribution in [0.5, 0.6) is 5.75 Å². The van der Waals surface area contributed by atoms with E-state index in [0.29, 0.717) is 40.3 Å². The van der Waals surface area contributed by atoms with Gasteiger partial charge in [0.2, 0.25) is 0 Å². The summed E-state index contributed by atoms with van der Waals surface area (Å²) in [7, 11) is 0. The summed E-state index contributed by atoms with van der Waals surface area (Å²) in [5, 5.41) is 3.05. The number of carbonyl (C=O) groups is 2. The molecule has 4 rings (SSSR count). The van der Waals surface area contributed by atoms with Gasteiger partial charge < -0.3 is 19.2 Å². The Hall–Kier alpha value is -4.39. The Balaban J connectivity index is 1.41. The summed E-state index contributed by atoms with van der Waals surface area (Å²) in [5.74, 6) is 0.0472. The van der Waals surface area contributed by atoms with Crippen LogP contribution in [0.4, 0.5) is 5.69 Å². The minimum absolute atomic E-state index is 0.202. The zero-order valence-corrected chi connectivity index (χ0v) is 17.9. The third-order valence-electron chi connectivity index (χ3n) is 4.81. The van der Waals surface area contributed by atoms with Gasteiger partial charge in [0.15, 0.2) is 12.0 Å². The van der Waals surface area contributed by atoms with Crippen LogP contribution >= 0.6 is 0 Å². The first-order valence-corrected chi connectivity index (χ1v) is 10.4. The van der Waals surface area contributed by atoms with Crippen LogP contribution in [0.3, 0.4) is 0 Å². The Morgan fingerprint density at radius 3 is 2.42 bits per heavy atom. The lowest BCUT2D eigenvalue weighted by Gasteiger charge is -2.09. The molecule has 3 aromatic carbocycles. The molecule has 0 radical (unpaired) electrons. The molecule has 0 unspecified atom stereocenters. The Bertz CT molecular complexity index is 1340. The zero-order chi connectivity index (χ0) is 23.2. The van der Waals surface area contributed by atoms with Crippen molar-refractivity contribution in [1.29, 1.82) is 0 Å². The second kappa shape index (κ2) is 9.82. The maximum Gasteiger partial charge on any atom is 0.338 e. The molecule has 0 atom stereocenters. The molecule has 0 aliphatic heterocycles. The van der Waals surface area contributed by atoms with Crippen LogP contribution in [0.25, 0.3) is 22.3 Å². The van der Waals surface area contributed by atoms with Gasteiger partial charge in [0, 0.05) is 17.3 Å². The molecule has 4 aromatic rings. The molecule has 0 spiro atoms. The van der Waals surface area contributed by atoms with Crippen molar-refractivity contribution in [3.8, 4) is 17.1 Å². The Kier molecular flexibility index (Phi) is 6.50. The number of ether oxygens (including phenoxy) is 2. The number of amides is 1. The molecule has 0 aliphatic carbocycles. The third kappa shape index (κ3) is 5.27. The van der Waals surface area contributed by atoms with Crippen molar-refractivity contribution < 1.29 is 23.5 Å². The Morgan fingerprint density at radius 2 is 1.70 bits per heavy atom. The van der Waals surface area contributed by atoms with Crippen molar-refractivity contribution in [3.05, 3.63) is 94.6 Å². The van der Waals surface area contributed by atoms with Gasteiger partial charge in [-0.3, -0.25) is 9.59 Å². The molecular weight excluding hydrogens is 422 g/mol. The SMILES string of the molecule is CCOC(=O)c1ccc(NC(=O)COc2ccc3oc(-c4ccccc4)cc(=O)c3c2)cc1. The number of hydrogen-bond acceptors (Lipinski definition) is 6. The minimum atomic E-state index is -0.421. The van der Waals surface area contributed by atoms with Crippen LogP contribution in [-0.2, 0) is 9.53 Å². The summed E-state index contributed by atoms with van der Waals surface area (Å²) < 4.78 is 16.3. The van der Waals surface area contributed by atoms with Gasteiger partial charge in [-0.05, 0) is 49.4 Å². The predicted molar refractivity (Wildman–Crippen MR) is 124 cm³/mol. The number of fused-ring (bicyclic) bond motifs is 1. The van der Waals surface area contributed by atoms with Gasteiger partial charge >= 0.3 is 5.97 Å². The zero-order valence-electron chi connectivity index (χ0n) is 17.9. The predicted octanol–water partition coefficient (Wildman–Crippen LogP) is 4.65. The maximum atomic E-state index is 12.6. The van der Waals surface area contributed by atoms with E-state index in [-0.39, 0.29) is 17.9 Å². The highest BCUT2D eigenvalue weighted by atomic mass is 16.5. The normalized spacial score (nSPS) is 10.6. The summed E-state index contributed by atoms with van der Waals surface area (Å²) in [6.07, 6.45) is 0. The van der Waals surface area contributed by atoms with Gasteiger partial charge in [-0.15, -0.1) is 0 Å². The van der Waals surface area contributed by atoms with Crippen LogP contribution in [0.2, 0.25) is 0 Å². The molecule has 166 valence electrons. The fourth-order valence-electron chi connectivity index (χ4n) is 3.22. The lowest BCUT2D eigenvalue weighted by molar-refractivity contribution is -0.118. The highest BCUT2D eigenvalue weighted by Gasteiger charge is 2.10. The van der Waals surface area contributed by atoms with Crippen molar-refractivity contribution in [1.82, 2.24) is 0 Å². The van der Waals surface area contributed by atoms with Crippen LogP contribution in [0.1, 0.15) is 17.3 Å². The lowest BCUT2D eigenvalue weighted by Crippen LogP contribution is -2.20. The fourth-order valence-corrected chi connectivity index (χ4v) is 3.22. The highest BCUT2D eigenvalue weighted by molar-refractivity contribution is 5.93. The number of carbonyl (C=O) groups excluding carboxylic acids is 2. The third-order valence-corrected chi connectivity index (χ3v) is 4.81. The standard InChI is InChI=1S/C26H21NO6/c1-2-31-26(30)18-8-10-19(11-9-18)27-25(29)16-32-20-12-13-23-21(14-20)22(28)15-24(33-23)17-6-4-3-5-7-17/h3-15H,2,16H2,1H3,(H,27,29). The molecule has 1 amide bonds. The number of anilines is 1. The number of hydrogen-bond donors (Lipinski definition) is 1. The molecule has 7 heteroatoms. The number of benzene rings is 3. The van der Waals surface area contributed by atoms with Crippen LogP contribution in [0, 0.1) is 0 Å². The Morgan fingerprint density at radius 1 is 0.939 bits per heavy atom. The van der Waals surface area contributed by atoms with E-state index < -0.39 is 5.97 Å². The summed E-state index contributed by atoms with van der Waals surface area (Å²) in [6.45, 7) is 1.77. The fraction of sp³-hybridized carbons (Fsp3) is 0.115. The van der Waals surface area contributed by atoms with Gasteiger partial charge in [0.05, 0.1) is 17.6 Å². The van der Waals surface area contributed by atoms with Gasteiger partial charge in [-0.25, -0.2) is 4.79 Å². The molecule has 0 aliphatic rings. The van der Waals surface area contributed by atoms with Crippen LogP contribution in [0.15, 0.2) is 88.1 Å². The van der Waals surface area contributed by atoms with E-state index in [2.05, 4.69) is 5.32 Å². The van der Waals surface area contributed by atoms with Crippen molar-refractivity contribution in [2.24, 2.45) is 0 Å². The molecule has 1 heterocycles. The quantitative estimate of drug-likeness (QED) is 0.418. The lowest BCUT2D eigenvalue weighted by atomic mass is 10.1. The van der Waals surface area contributed by atoms with Crippen molar-refractivity contribution in [3.63, 3.8) is 0 Å². The topological polar surface area (TPSA) is 94.8 Å². The number of rotatable bonds is 7. The summed E-state index contributed by atoms with van der Waals surface area (Å²) in [4.78, 5) is 36.5. The van der Waals surface area contributed by atoms with Crippen molar-refractivity contribution in [2.45, 2.75) is 6.92 Å². The number of esters is 1. The second-order valence-corrected chi connectivity index (χ2v) is 7.13. The molecule has 1 aromatic heterocycles. The van der Waals surface area contributed by atoms with E-state index in [4.69, 9.17) is 13.9 Å². The van der Waals surface area contributed by atoms with Gasteiger partial charge in [0.1, 0.15) is 17.1 Å². The molecule has 7 nitrogen and oxygen atoms in total. The molecule has 1 N–H and O–H groups in total. The number of nitrogens with one attached hydrogen (secondary N) is 1. The first-order valence-electron chi connectivity index (χ1n) is 10.4. The smallest absolute Gasteiger partial charge is 0.338 e. The highest BCUT2D eigenvalue weighted by Crippen LogP contribution is 2.24. The van der Waals surface area contributed by atoms with E-state index in [1.165, 1.54) is 6.07 Å². The Labute approximate surface area is 189 Å². The first-order chi connectivity index (χ1) is 16.0. The second-order valence-electron chi connectivity index (χ2n) is 7.13. The molecule has 33 heavy (non-hydrogen) atoms. The molecular formula is C26H21NO6. The van der Waals surface area contributed by atoms with E-state index in [1.54, 1.807) is 49.4 Å². The van der Waals surface area contributed by atoms with Crippen molar-refractivity contribution in [2.75, 3.05) is 18.5 Å². The molecule has 0 saturated heterocycles. The molecule has 0 saturated carbocycles. The summed E-state index contributed by atoms with van der Waals surface area (Å²) >= 11 is 0. The first kappa shape index (κ1) is 21.8. The maximum absolute atomic E-state index is 12.6. The summed E-state index contributed by atoms with van der Waals surface area (Å²) in [5.41, 5.74) is 1.95. The van der Waals surface area contributed by atoms with Crippen molar-refractivity contribution >= 4 is 28.5 Å². The monoisotopic (exact) mass is 443 g/mol. The molecule has 0 fully saturated rings. The van der Waals surface area contributed by atoms with E-state index in [9.17, 15) is 14.4 Å². The van der Waals surface area contributed by atoms with E-state index in [0.717, 1.165) is 5.56 Å². The van der Waals surface area contributed by atoms with Crippen LogP contribution in [-0.4, -0.2) is 25.1 Å². The average molecular weight is 443 g/mol. The summed E-state index contributed by atoms with van der Waals surface area (Å²) in [6, 6.07) is 22.0. The van der Waals surface area contributed by atoms with Crippen LogP contribution < -0.4 is 15.5 Å². The van der Waals surface area contributed by atoms with E-state index >= 15 is 0 Å².